The number of nitrogens with zero attached hydrogens (tertiary/aromatic N) is 4. The normalized spacial score (nSPS) is 25.4. The van der Waals surface area contributed by atoms with Crippen LogP contribution in [0.1, 0.15) is 50.7 Å². The highest BCUT2D eigenvalue weighted by Gasteiger charge is 2.37. The maximum atomic E-state index is 12.3. The zero-order chi connectivity index (χ0) is 17.1. The molecular weight excluding hydrogens is 310 g/mol. The number of hydrogen-bond acceptors (Lipinski definition) is 6. The van der Waals surface area contributed by atoms with Gasteiger partial charge in [0.25, 0.3) is 0 Å². The van der Waals surface area contributed by atoms with E-state index in [1.165, 1.54) is 19.3 Å². The molecule has 0 bridgehead atoms. The summed E-state index contributed by atoms with van der Waals surface area (Å²) in [7, 11) is 0. The Morgan fingerprint density at radius 3 is 2.75 bits per heavy atom. The molecule has 0 unspecified atom stereocenters. The standard InChI is InChI=1S/C16H27N5O3/c1-11(2)15-18-14(19-24-15)8-17-16(23)21-9-12(13(22)10-21)20-6-4-3-5-7-20/h11-13,22H,3-10H2,1-2H3,(H,17,23)/t12-,13-/m0/s1. The van der Waals surface area contributed by atoms with Gasteiger partial charge in [-0.05, 0) is 25.9 Å². The molecule has 0 spiro atoms. The number of aliphatic hydroxyl groups excluding tert-OH is 1. The Hall–Kier alpha value is -1.67. The largest absolute Gasteiger partial charge is 0.390 e. The number of rotatable bonds is 4. The summed E-state index contributed by atoms with van der Waals surface area (Å²) in [6, 6.07) is -0.141. The lowest BCUT2D eigenvalue weighted by Gasteiger charge is -2.33. The first kappa shape index (κ1) is 17.2. The Morgan fingerprint density at radius 1 is 1.33 bits per heavy atom. The van der Waals surface area contributed by atoms with E-state index in [-0.39, 0.29) is 24.5 Å². The van der Waals surface area contributed by atoms with Crippen molar-refractivity contribution in [2.45, 2.75) is 57.7 Å². The first-order chi connectivity index (χ1) is 11.5. The lowest BCUT2D eigenvalue weighted by Crippen LogP contribution is -2.46. The third-order valence-electron chi connectivity index (χ3n) is 4.78. The molecule has 8 heteroatoms. The van der Waals surface area contributed by atoms with E-state index in [0.717, 1.165) is 13.1 Å². The summed E-state index contributed by atoms with van der Waals surface area (Å²) in [6.45, 7) is 7.14. The molecule has 2 atom stereocenters. The number of hydrogen-bond donors (Lipinski definition) is 2. The van der Waals surface area contributed by atoms with Crippen molar-refractivity contribution in [1.82, 2.24) is 25.3 Å². The quantitative estimate of drug-likeness (QED) is 0.849. The van der Waals surface area contributed by atoms with Crippen LogP contribution in [-0.4, -0.2) is 69.4 Å². The number of aliphatic hydroxyl groups is 1. The van der Waals surface area contributed by atoms with Crippen molar-refractivity contribution in [2.75, 3.05) is 26.2 Å². The van der Waals surface area contributed by atoms with Gasteiger partial charge in [0, 0.05) is 19.0 Å². The molecule has 0 aromatic carbocycles. The van der Waals surface area contributed by atoms with E-state index < -0.39 is 6.10 Å². The molecule has 2 fully saturated rings. The first-order valence-electron chi connectivity index (χ1n) is 8.82. The summed E-state index contributed by atoms with van der Waals surface area (Å²) in [6.07, 6.45) is 3.12. The SMILES string of the molecule is CC(C)c1nc(CNC(=O)N2C[C@H](O)[C@@H](N3CCCCC3)C2)no1. The van der Waals surface area contributed by atoms with Crippen LogP contribution in [0.3, 0.4) is 0 Å². The van der Waals surface area contributed by atoms with Crippen LogP contribution >= 0.6 is 0 Å². The summed E-state index contributed by atoms with van der Waals surface area (Å²) in [5, 5.41) is 17.0. The molecule has 2 N–H and O–H groups in total. The van der Waals surface area contributed by atoms with Gasteiger partial charge < -0.3 is 19.8 Å². The minimum Gasteiger partial charge on any atom is -0.390 e. The number of nitrogens with one attached hydrogen (secondary N) is 1. The smallest absolute Gasteiger partial charge is 0.317 e. The fraction of sp³-hybridized carbons (Fsp3) is 0.812. The van der Waals surface area contributed by atoms with Crippen LogP contribution in [-0.2, 0) is 6.54 Å². The number of urea groups is 1. The number of aromatic nitrogens is 2. The summed E-state index contributed by atoms with van der Waals surface area (Å²) in [5.74, 6) is 1.21. The maximum Gasteiger partial charge on any atom is 0.317 e. The first-order valence-corrected chi connectivity index (χ1v) is 8.82. The van der Waals surface area contributed by atoms with Crippen molar-refractivity contribution in [3.05, 3.63) is 11.7 Å². The van der Waals surface area contributed by atoms with Gasteiger partial charge in [0.05, 0.1) is 18.7 Å². The Bertz CT molecular complexity index is 556. The summed E-state index contributed by atoms with van der Waals surface area (Å²) < 4.78 is 5.12. The van der Waals surface area contributed by atoms with Crippen molar-refractivity contribution < 1.29 is 14.4 Å². The van der Waals surface area contributed by atoms with E-state index in [4.69, 9.17) is 4.52 Å². The van der Waals surface area contributed by atoms with E-state index in [0.29, 0.717) is 24.8 Å². The van der Waals surface area contributed by atoms with Gasteiger partial charge in [0.15, 0.2) is 5.82 Å². The molecule has 3 rings (SSSR count). The van der Waals surface area contributed by atoms with Crippen molar-refractivity contribution in [2.24, 2.45) is 0 Å². The lowest BCUT2D eigenvalue weighted by atomic mass is 10.1. The fourth-order valence-electron chi connectivity index (χ4n) is 3.38. The van der Waals surface area contributed by atoms with Crippen molar-refractivity contribution >= 4 is 6.03 Å². The Morgan fingerprint density at radius 2 is 2.08 bits per heavy atom. The summed E-state index contributed by atoms with van der Waals surface area (Å²) in [5.41, 5.74) is 0. The molecule has 2 amide bonds. The molecule has 0 radical (unpaired) electrons. The third kappa shape index (κ3) is 3.87. The van der Waals surface area contributed by atoms with Crippen LogP contribution in [0.25, 0.3) is 0 Å². The topological polar surface area (TPSA) is 94.7 Å². The predicted octanol–water partition coefficient (Wildman–Crippen LogP) is 0.934. The zero-order valence-electron chi connectivity index (χ0n) is 14.4. The molecule has 134 valence electrons. The summed E-state index contributed by atoms with van der Waals surface area (Å²) >= 11 is 0. The zero-order valence-corrected chi connectivity index (χ0v) is 14.4. The minimum atomic E-state index is -0.480. The second kappa shape index (κ2) is 7.48. The van der Waals surface area contributed by atoms with Gasteiger partial charge in [0.2, 0.25) is 5.89 Å². The van der Waals surface area contributed by atoms with E-state index >= 15 is 0 Å². The van der Waals surface area contributed by atoms with Gasteiger partial charge in [-0.3, -0.25) is 4.90 Å². The van der Waals surface area contributed by atoms with Crippen molar-refractivity contribution in [3.63, 3.8) is 0 Å². The molecule has 0 saturated carbocycles. The third-order valence-corrected chi connectivity index (χ3v) is 4.78. The number of amides is 2. The highest BCUT2D eigenvalue weighted by atomic mass is 16.5. The van der Waals surface area contributed by atoms with Gasteiger partial charge in [0.1, 0.15) is 0 Å². The highest BCUT2D eigenvalue weighted by Crippen LogP contribution is 2.20. The number of likely N-dealkylation sites (tertiary alicyclic amines) is 2. The Balaban J connectivity index is 1.50. The molecule has 2 saturated heterocycles. The average Bonchev–Trinajstić information content (AvgIpc) is 3.20. The Kier molecular flexibility index (Phi) is 5.35. The molecule has 2 aliphatic rings. The number of carbonyl (C=O) groups is 1. The van der Waals surface area contributed by atoms with Crippen LogP contribution in [0.5, 0.6) is 0 Å². The number of β-amino-alcohol motifs (C(OH)–C–C–N with tert-alkyl or cyclic N) is 1. The molecule has 3 heterocycles. The van der Waals surface area contributed by atoms with Crippen LogP contribution < -0.4 is 5.32 Å². The molecule has 0 aliphatic carbocycles. The average molecular weight is 337 g/mol. The highest BCUT2D eigenvalue weighted by molar-refractivity contribution is 5.74. The van der Waals surface area contributed by atoms with Gasteiger partial charge in [-0.15, -0.1) is 0 Å². The van der Waals surface area contributed by atoms with Crippen LogP contribution in [0, 0.1) is 0 Å². The molecule has 8 nitrogen and oxygen atoms in total. The fourth-order valence-corrected chi connectivity index (χ4v) is 3.38. The van der Waals surface area contributed by atoms with Crippen LogP contribution in [0.2, 0.25) is 0 Å². The van der Waals surface area contributed by atoms with Crippen LogP contribution in [0.4, 0.5) is 4.79 Å². The van der Waals surface area contributed by atoms with E-state index in [9.17, 15) is 9.90 Å². The second-order valence-corrected chi connectivity index (χ2v) is 7.00. The number of carbonyl (C=O) groups excluding carboxylic acids is 1. The van der Waals surface area contributed by atoms with E-state index in [1.54, 1.807) is 4.90 Å². The molecular formula is C16H27N5O3. The summed E-state index contributed by atoms with van der Waals surface area (Å²) in [4.78, 5) is 20.6. The van der Waals surface area contributed by atoms with Gasteiger partial charge in [-0.1, -0.05) is 25.4 Å². The van der Waals surface area contributed by atoms with Crippen molar-refractivity contribution in [1.29, 1.82) is 0 Å². The van der Waals surface area contributed by atoms with Gasteiger partial charge in [-0.2, -0.15) is 4.98 Å². The second-order valence-electron chi connectivity index (χ2n) is 7.00. The van der Waals surface area contributed by atoms with Gasteiger partial charge in [-0.25, -0.2) is 4.79 Å². The minimum absolute atomic E-state index is 0.0498. The van der Waals surface area contributed by atoms with Crippen molar-refractivity contribution in [3.8, 4) is 0 Å². The molecule has 1 aromatic heterocycles. The predicted molar refractivity (Wildman–Crippen MR) is 87.4 cm³/mol. The maximum absolute atomic E-state index is 12.3. The van der Waals surface area contributed by atoms with Crippen LogP contribution in [0.15, 0.2) is 4.52 Å². The monoisotopic (exact) mass is 337 g/mol. The molecule has 1 aromatic rings. The molecule has 2 aliphatic heterocycles. The lowest BCUT2D eigenvalue weighted by molar-refractivity contribution is 0.0706. The van der Waals surface area contributed by atoms with E-state index in [1.807, 2.05) is 13.8 Å². The van der Waals surface area contributed by atoms with E-state index in [2.05, 4.69) is 20.4 Å². The van der Waals surface area contributed by atoms with Gasteiger partial charge >= 0.3 is 6.03 Å². The Labute approximate surface area is 142 Å². The number of piperidine rings is 1. The molecule has 24 heavy (non-hydrogen) atoms.